The Kier molecular flexibility index (Phi) is 3.18. The summed E-state index contributed by atoms with van der Waals surface area (Å²) < 4.78 is 13.4. The summed E-state index contributed by atoms with van der Waals surface area (Å²) in [4.78, 5) is 18.5. The van der Waals surface area contributed by atoms with Crippen LogP contribution in [-0.2, 0) is 0 Å². The molecule has 0 unspecified atom stereocenters. The third-order valence-corrected chi connectivity index (χ3v) is 2.47. The van der Waals surface area contributed by atoms with E-state index in [1.54, 1.807) is 19.1 Å². The van der Waals surface area contributed by atoms with Crippen LogP contribution in [0.3, 0.4) is 0 Å². The van der Waals surface area contributed by atoms with Crippen LogP contribution < -0.4 is 11.1 Å². The van der Waals surface area contributed by atoms with Crippen molar-refractivity contribution < 1.29 is 9.18 Å². The van der Waals surface area contributed by atoms with Crippen molar-refractivity contribution >= 4 is 23.6 Å². The topological polar surface area (TPSA) is 80.9 Å². The molecule has 0 aliphatic rings. The van der Waals surface area contributed by atoms with Crippen LogP contribution in [0.5, 0.6) is 0 Å². The number of anilines is 3. The number of carbonyl (C=O) groups is 1. The molecule has 0 saturated carbocycles. The van der Waals surface area contributed by atoms with E-state index in [4.69, 9.17) is 5.73 Å². The lowest BCUT2D eigenvalue weighted by atomic mass is 10.2. The van der Waals surface area contributed by atoms with E-state index in [2.05, 4.69) is 15.3 Å². The Bertz CT molecular complexity index is 601. The average Bonchev–Trinajstić information content (AvgIpc) is 2.34. The van der Waals surface area contributed by atoms with E-state index in [1.807, 2.05) is 0 Å². The van der Waals surface area contributed by atoms with Gasteiger partial charge in [0.25, 0.3) is 0 Å². The molecule has 0 saturated heterocycles. The normalized spacial score (nSPS) is 10.1. The van der Waals surface area contributed by atoms with Gasteiger partial charge in [0.05, 0.1) is 5.56 Å². The molecule has 0 amide bonds. The Morgan fingerprint density at radius 1 is 1.39 bits per heavy atom. The lowest BCUT2D eigenvalue weighted by molar-refractivity contribution is 0.112. The van der Waals surface area contributed by atoms with Crippen LogP contribution in [0.2, 0.25) is 0 Å². The first-order valence-electron chi connectivity index (χ1n) is 5.20. The highest BCUT2D eigenvalue weighted by atomic mass is 19.1. The number of carbonyl (C=O) groups excluding carboxylic acids is 1. The molecule has 5 nitrogen and oxygen atoms in total. The summed E-state index contributed by atoms with van der Waals surface area (Å²) in [5.41, 5.74) is 6.72. The second kappa shape index (κ2) is 4.79. The van der Waals surface area contributed by atoms with Crippen LogP contribution in [0.4, 0.5) is 21.7 Å². The van der Waals surface area contributed by atoms with Gasteiger partial charge in [-0.05, 0) is 24.6 Å². The molecule has 92 valence electrons. The van der Waals surface area contributed by atoms with E-state index < -0.39 is 0 Å². The zero-order valence-electron chi connectivity index (χ0n) is 9.64. The Balaban J connectivity index is 2.36. The Labute approximate surface area is 103 Å². The standard InChI is InChI=1S/C12H11FN4O/c1-7-2-3-8(4-10(7)13)17-12-9(5-18)11(14)15-6-16-12/h2-6H,1H3,(H3,14,15,16,17). The fourth-order valence-electron chi connectivity index (χ4n) is 1.43. The molecule has 1 heterocycles. The van der Waals surface area contributed by atoms with Gasteiger partial charge in [0.2, 0.25) is 0 Å². The van der Waals surface area contributed by atoms with Crippen LogP contribution in [0.25, 0.3) is 0 Å². The summed E-state index contributed by atoms with van der Waals surface area (Å²) in [5.74, 6) is -0.00878. The molecular formula is C12H11FN4O. The molecule has 1 aromatic carbocycles. The van der Waals surface area contributed by atoms with E-state index >= 15 is 0 Å². The molecule has 0 aliphatic heterocycles. The minimum Gasteiger partial charge on any atom is -0.383 e. The van der Waals surface area contributed by atoms with E-state index in [-0.39, 0.29) is 23.0 Å². The molecular weight excluding hydrogens is 235 g/mol. The number of aldehydes is 1. The molecule has 6 heteroatoms. The van der Waals surface area contributed by atoms with Gasteiger partial charge in [0.1, 0.15) is 23.8 Å². The minimum atomic E-state index is -0.338. The van der Waals surface area contributed by atoms with Crippen molar-refractivity contribution in [2.75, 3.05) is 11.1 Å². The Morgan fingerprint density at radius 3 is 2.83 bits per heavy atom. The van der Waals surface area contributed by atoms with Crippen molar-refractivity contribution in [3.8, 4) is 0 Å². The van der Waals surface area contributed by atoms with Gasteiger partial charge in [-0.2, -0.15) is 0 Å². The number of hydrogen-bond donors (Lipinski definition) is 2. The number of nitrogen functional groups attached to an aromatic ring is 1. The minimum absolute atomic E-state index is 0.0788. The summed E-state index contributed by atoms with van der Waals surface area (Å²) in [6.45, 7) is 1.67. The predicted molar refractivity (Wildman–Crippen MR) is 66.3 cm³/mol. The molecule has 0 spiro atoms. The number of halogens is 1. The molecule has 2 aromatic rings. The third kappa shape index (κ3) is 2.27. The maximum atomic E-state index is 13.4. The van der Waals surface area contributed by atoms with E-state index in [9.17, 15) is 9.18 Å². The quantitative estimate of drug-likeness (QED) is 0.810. The maximum Gasteiger partial charge on any atom is 0.157 e. The van der Waals surface area contributed by atoms with Crippen molar-refractivity contribution in [3.63, 3.8) is 0 Å². The van der Waals surface area contributed by atoms with E-state index in [0.29, 0.717) is 17.5 Å². The van der Waals surface area contributed by atoms with Crippen molar-refractivity contribution in [2.45, 2.75) is 6.92 Å². The third-order valence-electron chi connectivity index (χ3n) is 2.47. The molecule has 0 fully saturated rings. The maximum absolute atomic E-state index is 13.4. The molecule has 3 N–H and O–H groups in total. The molecule has 18 heavy (non-hydrogen) atoms. The van der Waals surface area contributed by atoms with Crippen molar-refractivity contribution in [1.82, 2.24) is 9.97 Å². The SMILES string of the molecule is Cc1ccc(Nc2ncnc(N)c2C=O)cc1F. The number of aromatic nitrogens is 2. The summed E-state index contributed by atoms with van der Waals surface area (Å²) in [5, 5.41) is 2.83. The second-order valence-corrected chi connectivity index (χ2v) is 3.73. The highest BCUT2D eigenvalue weighted by Crippen LogP contribution is 2.21. The number of aryl methyl sites for hydroxylation is 1. The van der Waals surface area contributed by atoms with Crippen LogP contribution in [-0.4, -0.2) is 16.3 Å². The molecule has 0 aliphatic carbocycles. The first kappa shape index (κ1) is 12.0. The molecule has 2 rings (SSSR count). The van der Waals surface area contributed by atoms with E-state index in [1.165, 1.54) is 12.4 Å². The lowest BCUT2D eigenvalue weighted by Gasteiger charge is -2.09. The lowest BCUT2D eigenvalue weighted by Crippen LogP contribution is -2.04. The number of nitrogens with zero attached hydrogens (tertiary/aromatic N) is 2. The molecule has 0 radical (unpaired) electrons. The first-order valence-corrected chi connectivity index (χ1v) is 5.20. The zero-order chi connectivity index (χ0) is 13.1. The van der Waals surface area contributed by atoms with Crippen LogP contribution in [0.15, 0.2) is 24.5 Å². The summed E-state index contributed by atoms with van der Waals surface area (Å²) in [7, 11) is 0. The van der Waals surface area contributed by atoms with Gasteiger partial charge in [0.15, 0.2) is 6.29 Å². The van der Waals surface area contributed by atoms with Gasteiger partial charge < -0.3 is 11.1 Å². The van der Waals surface area contributed by atoms with Gasteiger partial charge >= 0.3 is 0 Å². The van der Waals surface area contributed by atoms with Crippen LogP contribution >= 0.6 is 0 Å². The predicted octanol–water partition coefficient (Wildman–Crippen LogP) is 2.06. The van der Waals surface area contributed by atoms with Gasteiger partial charge in [-0.1, -0.05) is 6.07 Å². The second-order valence-electron chi connectivity index (χ2n) is 3.73. The summed E-state index contributed by atoms with van der Waals surface area (Å²) in [6, 6.07) is 4.64. The highest BCUT2D eigenvalue weighted by molar-refractivity contribution is 5.89. The number of rotatable bonds is 3. The number of hydrogen-bond acceptors (Lipinski definition) is 5. The zero-order valence-corrected chi connectivity index (χ0v) is 9.64. The number of nitrogens with two attached hydrogens (primary N) is 1. The van der Waals surface area contributed by atoms with E-state index in [0.717, 1.165) is 0 Å². The van der Waals surface area contributed by atoms with Crippen molar-refractivity contribution in [3.05, 3.63) is 41.5 Å². The summed E-state index contributed by atoms with van der Waals surface area (Å²) in [6.07, 6.45) is 1.79. The fourth-order valence-corrected chi connectivity index (χ4v) is 1.43. The molecule has 0 bridgehead atoms. The monoisotopic (exact) mass is 246 g/mol. The Hall–Kier alpha value is -2.50. The van der Waals surface area contributed by atoms with Gasteiger partial charge in [-0.3, -0.25) is 4.79 Å². The fraction of sp³-hybridized carbons (Fsp3) is 0.0833. The van der Waals surface area contributed by atoms with Gasteiger partial charge in [-0.15, -0.1) is 0 Å². The molecule has 1 aromatic heterocycles. The number of benzene rings is 1. The first-order chi connectivity index (χ1) is 8.61. The highest BCUT2D eigenvalue weighted by Gasteiger charge is 2.09. The van der Waals surface area contributed by atoms with Crippen LogP contribution in [0, 0.1) is 12.7 Å². The Morgan fingerprint density at radius 2 is 2.17 bits per heavy atom. The van der Waals surface area contributed by atoms with Gasteiger partial charge in [0, 0.05) is 5.69 Å². The average molecular weight is 246 g/mol. The largest absolute Gasteiger partial charge is 0.383 e. The molecule has 0 atom stereocenters. The van der Waals surface area contributed by atoms with Crippen molar-refractivity contribution in [2.24, 2.45) is 0 Å². The number of nitrogens with one attached hydrogen (secondary N) is 1. The van der Waals surface area contributed by atoms with Gasteiger partial charge in [-0.25, -0.2) is 14.4 Å². The van der Waals surface area contributed by atoms with Crippen LogP contribution in [0.1, 0.15) is 15.9 Å². The summed E-state index contributed by atoms with van der Waals surface area (Å²) >= 11 is 0. The van der Waals surface area contributed by atoms with Crippen molar-refractivity contribution in [1.29, 1.82) is 0 Å². The smallest absolute Gasteiger partial charge is 0.157 e.